The molecule has 3 aromatic rings. The van der Waals surface area contributed by atoms with Gasteiger partial charge in [0.15, 0.2) is 5.82 Å². The van der Waals surface area contributed by atoms with Crippen LogP contribution in [-0.2, 0) is 0 Å². The van der Waals surface area contributed by atoms with E-state index >= 15 is 0 Å². The summed E-state index contributed by atoms with van der Waals surface area (Å²) in [4.78, 5) is 6.34. The Kier molecular flexibility index (Phi) is 5.67. The predicted molar refractivity (Wildman–Crippen MR) is 116 cm³/mol. The molecule has 1 aliphatic rings. The summed E-state index contributed by atoms with van der Waals surface area (Å²) in [5, 5.41) is 20.1. The first kappa shape index (κ1) is 20.0. The number of phenolic OH excluding ortho intramolecular Hbond substituents is 1. The number of phenols is 1. The van der Waals surface area contributed by atoms with Gasteiger partial charge in [-0.25, -0.2) is 9.37 Å². The maximum absolute atomic E-state index is 14.8. The highest BCUT2D eigenvalue weighted by molar-refractivity contribution is 7.18. The molecule has 1 aromatic carbocycles. The van der Waals surface area contributed by atoms with Gasteiger partial charge in [-0.3, -0.25) is 0 Å². The SMILES string of the molecule is CC[C@@H]1CCC[C@H](F)[C@H](N(C)c2ccc(-c3cc4sc(C)nc4cc3O)nn2)C1. The molecule has 0 unspecified atom stereocenters. The molecule has 1 aliphatic carbocycles. The molecule has 0 saturated heterocycles. The lowest BCUT2D eigenvalue weighted by molar-refractivity contribution is 0.254. The molecule has 5 nitrogen and oxygen atoms in total. The van der Waals surface area contributed by atoms with Crippen molar-refractivity contribution in [1.29, 1.82) is 0 Å². The third-order valence-electron chi connectivity index (χ3n) is 6.06. The van der Waals surface area contributed by atoms with Crippen LogP contribution in [0.5, 0.6) is 5.75 Å². The maximum Gasteiger partial charge on any atom is 0.151 e. The second-order valence-electron chi connectivity index (χ2n) is 7.98. The molecule has 1 saturated carbocycles. The zero-order valence-electron chi connectivity index (χ0n) is 17.1. The number of thiazole rings is 1. The van der Waals surface area contributed by atoms with Crippen LogP contribution >= 0.6 is 11.3 Å². The molecule has 154 valence electrons. The van der Waals surface area contributed by atoms with Crippen LogP contribution in [0.4, 0.5) is 10.2 Å². The van der Waals surface area contributed by atoms with E-state index < -0.39 is 6.17 Å². The van der Waals surface area contributed by atoms with E-state index in [0.717, 1.165) is 40.9 Å². The van der Waals surface area contributed by atoms with E-state index in [2.05, 4.69) is 22.1 Å². The van der Waals surface area contributed by atoms with Gasteiger partial charge in [-0.1, -0.05) is 26.2 Å². The number of rotatable bonds is 4. The highest BCUT2D eigenvalue weighted by Gasteiger charge is 2.31. The number of anilines is 1. The first-order valence-corrected chi connectivity index (χ1v) is 11.1. The molecule has 0 bridgehead atoms. The molecular formula is C22H27FN4OS. The number of hydrogen-bond donors (Lipinski definition) is 1. The van der Waals surface area contributed by atoms with Crippen molar-refractivity contribution in [2.24, 2.45) is 5.92 Å². The van der Waals surface area contributed by atoms with Crippen molar-refractivity contribution in [3.05, 3.63) is 29.3 Å². The Morgan fingerprint density at radius 1 is 1.24 bits per heavy atom. The predicted octanol–water partition coefficient (Wildman–Crippen LogP) is 5.51. The average molecular weight is 415 g/mol. The molecule has 4 rings (SSSR count). The van der Waals surface area contributed by atoms with Gasteiger partial charge < -0.3 is 10.0 Å². The van der Waals surface area contributed by atoms with Gasteiger partial charge in [-0.15, -0.1) is 21.5 Å². The minimum atomic E-state index is -0.848. The van der Waals surface area contributed by atoms with Crippen molar-refractivity contribution in [3.63, 3.8) is 0 Å². The Balaban J connectivity index is 1.59. The minimum absolute atomic E-state index is 0.136. The van der Waals surface area contributed by atoms with Gasteiger partial charge in [0.2, 0.25) is 0 Å². The summed E-state index contributed by atoms with van der Waals surface area (Å²) in [6.45, 7) is 4.13. The largest absolute Gasteiger partial charge is 0.507 e. The zero-order chi connectivity index (χ0) is 20.5. The van der Waals surface area contributed by atoms with E-state index in [-0.39, 0.29) is 11.8 Å². The highest BCUT2D eigenvalue weighted by Crippen LogP contribution is 2.35. The van der Waals surface area contributed by atoms with E-state index in [9.17, 15) is 9.50 Å². The number of nitrogens with zero attached hydrogens (tertiary/aromatic N) is 4. The van der Waals surface area contributed by atoms with E-state index in [4.69, 9.17) is 0 Å². The van der Waals surface area contributed by atoms with Crippen LogP contribution < -0.4 is 4.90 Å². The number of aryl methyl sites for hydroxylation is 1. The fourth-order valence-corrected chi connectivity index (χ4v) is 5.13. The van der Waals surface area contributed by atoms with E-state index in [0.29, 0.717) is 29.4 Å². The summed E-state index contributed by atoms with van der Waals surface area (Å²) in [7, 11) is 1.91. The lowest BCUT2D eigenvalue weighted by atomic mass is 9.94. The number of aromatic hydroxyl groups is 1. The lowest BCUT2D eigenvalue weighted by Gasteiger charge is -2.31. The zero-order valence-corrected chi connectivity index (χ0v) is 17.9. The van der Waals surface area contributed by atoms with Crippen LogP contribution in [-0.4, -0.2) is 39.5 Å². The van der Waals surface area contributed by atoms with Crippen LogP contribution in [0, 0.1) is 12.8 Å². The second kappa shape index (κ2) is 8.22. The van der Waals surface area contributed by atoms with Crippen LogP contribution in [0.3, 0.4) is 0 Å². The molecule has 0 aliphatic heterocycles. The third-order valence-corrected chi connectivity index (χ3v) is 6.99. The van der Waals surface area contributed by atoms with E-state index in [1.54, 1.807) is 17.4 Å². The topological polar surface area (TPSA) is 62.1 Å². The van der Waals surface area contributed by atoms with Crippen molar-refractivity contribution in [2.75, 3.05) is 11.9 Å². The molecule has 0 spiro atoms. The quantitative estimate of drug-likeness (QED) is 0.570. The van der Waals surface area contributed by atoms with Crippen molar-refractivity contribution in [3.8, 4) is 17.0 Å². The van der Waals surface area contributed by atoms with Gasteiger partial charge >= 0.3 is 0 Å². The monoisotopic (exact) mass is 414 g/mol. The summed E-state index contributed by atoms with van der Waals surface area (Å²) in [5.74, 6) is 1.35. The average Bonchev–Trinajstić information content (AvgIpc) is 2.96. The molecule has 0 radical (unpaired) electrons. The molecule has 1 fully saturated rings. The van der Waals surface area contributed by atoms with Gasteiger partial charge in [-0.2, -0.15) is 0 Å². The van der Waals surface area contributed by atoms with Crippen molar-refractivity contribution >= 4 is 27.4 Å². The Hall–Kier alpha value is -2.28. The fourth-order valence-electron chi connectivity index (χ4n) is 4.28. The molecular weight excluding hydrogens is 387 g/mol. The Bertz CT molecular complexity index is 990. The number of aromatic nitrogens is 3. The molecule has 0 amide bonds. The molecule has 1 N–H and O–H groups in total. The van der Waals surface area contributed by atoms with Crippen molar-refractivity contribution in [1.82, 2.24) is 15.2 Å². The first-order chi connectivity index (χ1) is 14.0. The molecule has 2 aromatic heterocycles. The van der Waals surface area contributed by atoms with Gasteiger partial charge in [0.05, 0.1) is 27.0 Å². The van der Waals surface area contributed by atoms with Crippen LogP contribution in [0.15, 0.2) is 24.3 Å². The molecule has 7 heteroatoms. The summed E-state index contributed by atoms with van der Waals surface area (Å²) in [5.41, 5.74) is 2.01. The van der Waals surface area contributed by atoms with Crippen molar-refractivity contribution in [2.45, 2.75) is 58.2 Å². The number of hydrogen-bond acceptors (Lipinski definition) is 6. The third kappa shape index (κ3) is 4.06. The number of fused-ring (bicyclic) bond motifs is 1. The Morgan fingerprint density at radius 3 is 2.79 bits per heavy atom. The summed E-state index contributed by atoms with van der Waals surface area (Å²) in [6, 6.07) is 7.10. The van der Waals surface area contributed by atoms with Crippen LogP contribution in [0.2, 0.25) is 0 Å². The summed E-state index contributed by atoms with van der Waals surface area (Å²) >= 11 is 1.58. The highest BCUT2D eigenvalue weighted by atomic mass is 32.1. The van der Waals surface area contributed by atoms with Gasteiger partial charge in [0, 0.05) is 18.7 Å². The molecule has 29 heavy (non-hydrogen) atoms. The van der Waals surface area contributed by atoms with Gasteiger partial charge in [0.25, 0.3) is 0 Å². The first-order valence-electron chi connectivity index (χ1n) is 10.3. The van der Waals surface area contributed by atoms with Crippen LogP contribution in [0.1, 0.15) is 44.0 Å². The summed E-state index contributed by atoms with van der Waals surface area (Å²) < 4.78 is 15.8. The Morgan fingerprint density at radius 2 is 2.07 bits per heavy atom. The van der Waals surface area contributed by atoms with Crippen molar-refractivity contribution < 1.29 is 9.50 Å². The Labute approximate surface area is 174 Å². The van der Waals surface area contributed by atoms with Gasteiger partial charge in [-0.05, 0) is 43.9 Å². The molecule has 2 heterocycles. The normalized spacial score (nSPS) is 22.6. The van der Waals surface area contributed by atoms with Gasteiger partial charge in [0.1, 0.15) is 11.9 Å². The smallest absolute Gasteiger partial charge is 0.151 e. The number of halogens is 1. The van der Waals surface area contributed by atoms with E-state index in [1.165, 1.54) is 0 Å². The maximum atomic E-state index is 14.8. The van der Waals surface area contributed by atoms with E-state index in [1.807, 2.05) is 37.1 Å². The number of benzene rings is 1. The number of alkyl halides is 1. The fraction of sp³-hybridized carbons (Fsp3) is 0.500. The minimum Gasteiger partial charge on any atom is -0.507 e. The summed E-state index contributed by atoms with van der Waals surface area (Å²) in [6.07, 6.45) is 3.75. The lowest BCUT2D eigenvalue weighted by Crippen LogP contribution is -2.40. The second-order valence-corrected chi connectivity index (χ2v) is 9.22. The van der Waals surface area contributed by atoms with Crippen LogP contribution in [0.25, 0.3) is 21.5 Å². The standard InChI is InChI=1S/C22H27FN4OS/c1-4-14-6-5-7-16(23)19(10-14)27(3)22-9-8-17(25-26-22)15-11-21-18(12-20(15)28)24-13(2)29-21/h8-9,11-12,14,16,19,28H,4-7,10H2,1-3H3/t14-,16+,19-/m1/s1. The molecule has 3 atom stereocenters.